The fraction of sp³-hybridized carbons (Fsp3) is 0.455. The maximum Gasteiger partial charge on any atom is 0.0309 e. The zero-order valence-corrected chi connectivity index (χ0v) is 11.2. The Morgan fingerprint density at radius 1 is 1.14 bits per heavy atom. The van der Waals surface area contributed by atoms with Crippen LogP contribution in [-0.2, 0) is 0 Å². The van der Waals surface area contributed by atoms with Crippen molar-refractivity contribution in [1.29, 1.82) is 0 Å². The Bertz CT molecular complexity index is 328. The van der Waals surface area contributed by atoms with Crippen molar-refractivity contribution >= 4 is 31.9 Å². The molecule has 0 aromatic heterocycles. The lowest BCUT2D eigenvalue weighted by molar-refractivity contribution is 0.510. The molecule has 1 nitrogen and oxygen atoms in total. The molecule has 0 spiro atoms. The van der Waals surface area contributed by atoms with Gasteiger partial charge >= 0.3 is 0 Å². The second-order valence-corrected chi connectivity index (χ2v) is 5.65. The van der Waals surface area contributed by atoms with Crippen LogP contribution in [0, 0.1) is 0 Å². The summed E-state index contributed by atoms with van der Waals surface area (Å²) < 4.78 is 2.34. The molecule has 76 valence electrons. The molecule has 0 aliphatic heterocycles. The van der Waals surface area contributed by atoms with Crippen LogP contribution >= 0.6 is 31.9 Å². The van der Waals surface area contributed by atoms with Crippen molar-refractivity contribution in [3.63, 3.8) is 0 Å². The summed E-state index contributed by atoms with van der Waals surface area (Å²) >= 11 is 7.19. The van der Waals surface area contributed by atoms with E-state index in [-0.39, 0.29) is 6.04 Å². The maximum absolute atomic E-state index is 6.13. The molecule has 0 fully saturated rings. The Labute approximate surface area is 101 Å². The van der Waals surface area contributed by atoms with E-state index in [4.69, 9.17) is 5.73 Å². The summed E-state index contributed by atoms with van der Waals surface area (Å²) in [6.07, 6.45) is 2.27. The SMILES string of the molecule is CC1CC[C@H](N)c2c(Br)ccc(Br)c21. The number of hydrogen-bond donors (Lipinski definition) is 1. The lowest BCUT2D eigenvalue weighted by Crippen LogP contribution is -2.20. The normalized spacial score (nSPS) is 26.0. The summed E-state index contributed by atoms with van der Waals surface area (Å²) in [4.78, 5) is 0. The van der Waals surface area contributed by atoms with Crippen LogP contribution in [0.15, 0.2) is 21.1 Å². The third-order valence-corrected chi connectivity index (χ3v) is 4.34. The molecule has 0 bridgehead atoms. The minimum absolute atomic E-state index is 0.188. The second-order valence-electron chi connectivity index (χ2n) is 3.94. The molecule has 1 aliphatic carbocycles. The second kappa shape index (κ2) is 3.95. The number of benzene rings is 1. The van der Waals surface area contributed by atoms with Gasteiger partial charge in [-0.15, -0.1) is 0 Å². The first-order valence-electron chi connectivity index (χ1n) is 4.84. The summed E-state index contributed by atoms with van der Waals surface area (Å²) in [7, 11) is 0. The van der Waals surface area contributed by atoms with Crippen LogP contribution in [0.1, 0.15) is 42.9 Å². The number of fused-ring (bicyclic) bond motifs is 1. The summed E-state index contributed by atoms with van der Waals surface area (Å²) in [5, 5.41) is 0. The predicted octanol–water partition coefficient (Wildman–Crippen LogP) is 4.11. The smallest absolute Gasteiger partial charge is 0.0309 e. The highest BCUT2D eigenvalue weighted by Crippen LogP contribution is 2.43. The molecule has 1 aromatic rings. The van der Waals surface area contributed by atoms with E-state index < -0.39 is 0 Å². The van der Waals surface area contributed by atoms with Gasteiger partial charge in [-0.2, -0.15) is 0 Å². The van der Waals surface area contributed by atoms with Crippen LogP contribution in [0.5, 0.6) is 0 Å². The van der Waals surface area contributed by atoms with Crippen molar-refractivity contribution < 1.29 is 0 Å². The minimum Gasteiger partial charge on any atom is -0.324 e. The van der Waals surface area contributed by atoms with Gasteiger partial charge in [0.15, 0.2) is 0 Å². The van der Waals surface area contributed by atoms with Gasteiger partial charge in [-0.3, -0.25) is 0 Å². The third-order valence-electron chi connectivity index (χ3n) is 2.96. The summed E-state index contributed by atoms with van der Waals surface area (Å²) in [5.74, 6) is 0.608. The first kappa shape index (κ1) is 10.7. The number of nitrogens with two attached hydrogens (primary N) is 1. The third kappa shape index (κ3) is 1.66. The number of rotatable bonds is 0. The largest absolute Gasteiger partial charge is 0.324 e. The molecule has 0 amide bonds. The fourth-order valence-corrected chi connectivity index (χ4v) is 3.56. The topological polar surface area (TPSA) is 26.0 Å². The molecule has 2 atom stereocenters. The summed E-state index contributed by atoms with van der Waals surface area (Å²) in [6.45, 7) is 2.27. The standard InChI is InChI=1S/C11H13Br2N/c1-6-2-5-9(14)11-8(13)4-3-7(12)10(6)11/h3-4,6,9H,2,5,14H2,1H3/t6?,9-/m0/s1. The quantitative estimate of drug-likeness (QED) is 0.765. The van der Waals surface area contributed by atoms with Crippen molar-refractivity contribution in [2.24, 2.45) is 5.73 Å². The Hall–Kier alpha value is 0.140. The van der Waals surface area contributed by atoms with E-state index >= 15 is 0 Å². The molecule has 1 aromatic carbocycles. The van der Waals surface area contributed by atoms with Gasteiger partial charge in [0.05, 0.1) is 0 Å². The molecule has 0 radical (unpaired) electrons. The van der Waals surface area contributed by atoms with Gasteiger partial charge in [-0.1, -0.05) is 38.8 Å². The van der Waals surface area contributed by atoms with Gasteiger partial charge in [-0.05, 0) is 42.0 Å². The highest BCUT2D eigenvalue weighted by Gasteiger charge is 2.26. The van der Waals surface area contributed by atoms with Gasteiger partial charge in [0, 0.05) is 15.0 Å². The van der Waals surface area contributed by atoms with E-state index in [0.717, 1.165) is 10.9 Å². The van der Waals surface area contributed by atoms with Gasteiger partial charge in [-0.25, -0.2) is 0 Å². The fourth-order valence-electron chi connectivity index (χ4n) is 2.18. The van der Waals surface area contributed by atoms with E-state index in [1.807, 2.05) is 0 Å². The van der Waals surface area contributed by atoms with Gasteiger partial charge in [0.1, 0.15) is 0 Å². The van der Waals surface area contributed by atoms with Crippen LogP contribution in [0.3, 0.4) is 0 Å². The number of halogens is 2. The van der Waals surface area contributed by atoms with E-state index in [1.54, 1.807) is 0 Å². The zero-order chi connectivity index (χ0) is 10.3. The Morgan fingerprint density at radius 3 is 2.29 bits per heavy atom. The molecule has 0 saturated heterocycles. The van der Waals surface area contributed by atoms with E-state index in [9.17, 15) is 0 Å². The monoisotopic (exact) mass is 317 g/mol. The Balaban J connectivity index is 2.65. The molecular weight excluding hydrogens is 306 g/mol. The Kier molecular flexibility index (Phi) is 3.01. The highest BCUT2D eigenvalue weighted by molar-refractivity contribution is 9.11. The summed E-state index contributed by atoms with van der Waals surface area (Å²) in [6, 6.07) is 4.35. The van der Waals surface area contributed by atoms with E-state index in [2.05, 4.69) is 50.9 Å². The minimum atomic E-state index is 0.188. The van der Waals surface area contributed by atoms with Crippen LogP contribution in [0.4, 0.5) is 0 Å². The van der Waals surface area contributed by atoms with E-state index in [0.29, 0.717) is 5.92 Å². The van der Waals surface area contributed by atoms with Gasteiger partial charge < -0.3 is 5.73 Å². The first-order chi connectivity index (χ1) is 6.61. The van der Waals surface area contributed by atoms with Crippen LogP contribution < -0.4 is 5.73 Å². The van der Waals surface area contributed by atoms with Gasteiger partial charge in [0.25, 0.3) is 0 Å². The lowest BCUT2D eigenvalue weighted by atomic mass is 9.81. The maximum atomic E-state index is 6.13. The van der Waals surface area contributed by atoms with Crippen molar-refractivity contribution in [3.8, 4) is 0 Å². The molecule has 0 saturated carbocycles. The molecule has 0 heterocycles. The molecule has 3 heteroatoms. The van der Waals surface area contributed by atoms with Crippen molar-refractivity contribution in [2.75, 3.05) is 0 Å². The Morgan fingerprint density at radius 2 is 1.71 bits per heavy atom. The first-order valence-corrected chi connectivity index (χ1v) is 6.43. The lowest BCUT2D eigenvalue weighted by Gasteiger charge is -2.29. The molecule has 14 heavy (non-hydrogen) atoms. The molecular formula is C11H13Br2N. The highest BCUT2D eigenvalue weighted by atomic mass is 79.9. The average molecular weight is 319 g/mol. The summed E-state index contributed by atoms with van der Waals surface area (Å²) in [5.41, 5.74) is 8.80. The van der Waals surface area contributed by atoms with Crippen LogP contribution in [0.2, 0.25) is 0 Å². The van der Waals surface area contributed by atoms with Crippen molar-refractivity contribution in [3.05, 3.63) is 32.2 Å². The molecule has 2 N–H and O–H groups in total. The average Bonchev–Trinajstić information content (AvgIpc) is 2.16. The molecule has 1 aliphatic rings. The molecule has 1 unspecified atom stereocenters. The van der Waals surface area contributed by atoms with Crippen LogP contribution in [-0.4, -0.2) is 0 Å². The zero-order valence-electron chi connectivity index (χ0n) is 8.06. The van der Waals surface area contributed by atoms with E-state index in [1.165, 1.54) is 22.0 Å². The molecule has 2 rings (SSSR count). The van der Waals surface area contributed by atoms with Crippen molar-refractivity contribution in [2.45, 2.75) is 31.7 Å². The number of hydrogen-bond acceptors (Lipinski definition) is 1. The van der Waals surface area contributed by atoms with Crippen molar-refractivity contribution in [1.82, 2.24) is 0 Å². The van der Waals surface area contributed by atoms with Gasteiger partial charge in [0.2, 0.25) is 0 Å². The predicted molar refractivity (Wildman–Crippen MR) is 66.4 cm³/mol. The van der Waals surface area contributed by atoms with Crippen LogP contribution in [0.25, 0.3) is 0 Å².